The van der Waals surface area contributed by atoms with Gasteiger partial charge in [-0.3, -0.25) is 4.79 Å². The summed E-state index contributed by atoms with van der Waals surface area (Å²) in [6.45, 7) is 0. The molecule has 0 heterocycles. The predicted molar refractivity (Wildman–Crippen MR) is 68.4 cm³/mol. The topological polar surface area (TPSA) is 78.2 Å². The van der Waals surface area contributed by atoms with Gasteiger partial charge in [-0.15, -0.1) is 0 Å². The standard InChI is InChI=1S/C15H7NO3/c16-7-11-9-5-1-3-8-4-2-6-10(12(8)9)14(17)13(11)15(18)19/h1-6H,(H,18,19). The molecule has 1 aliphatic rings. The summed E-state index contributed by atoms with van der Waals surface area (Å²) < 4.78 is 0. The van der Waals surface area contributed by atoms with Gasteiger partial charge in [0.25, 0.3) is 0 Å². The van der Waals surface area contributed by atoms with Gasteiger partial charge < -0.3 is 5.11 Å². The van der Waals surface area contributed by atoms with Crippen molar-refractivity contribution in [2.45, 2.75) is 0 Å². The summed E-state index contributed by atoms with van der Waals surface area (Å²) in [7, 11) is 0. The Hall–Kier alpha value is -2.93. The fourth-order valence-corrected chi connectivity index (χ4v) is 2.44. The SMILES string of the molecule is N#CC1=C(C(=O)O)C(=O)c2cccc3cccc1c23. The number of hydrogen-bond donors (Lipinski definition) is 1. The third kappa shape index (κ3) is 1.39. The third-order valence-electron chi connectivity index (χ3n) is 3.22. The van der Waals surface area contributed by atoms with Crippen molar-refractivity contribution in [3.63, 3.8) is 0 Å². The minimum absolute atomic E-state index is 0.0678. The van der Waals surface area contributed by atoms with E-state index in [0.29, 0.717) is 16.5 Å². The zero-order valence-electron chi connectivity index (χ0n) is 9.68. The summed E-state index contributed by atoms with van der Waals surface area (Å²) in [6, 6.07) is 12.2. The highest BCUT2D eigenvalue weighted by atomic mass is 16.4. The summed E-state index contributed by atoms with van der Waals surface area (Å²) in [5.41, 5.74) is 0.326. The highest BCUT2D eigenvalue weighted by molar-refractivity contribution is 6.35. The van der Waals surface area contributed by atoms with E-state index in [9.17, 15) is 14.9 Å². The maximum Gasteiger partial charge on any atom is 0.341 e. The number of Topliss-reactive ketones (excluding diaryl/α,β-unsaturated/α-hetero) is 1. The molecule has 90 valence electrons. The third-order valence-corrected chi connectivity index (χ3v) is 3.22. The predicted octanol–water partition coefficient (Wildman–Crippen LogP) is 2.40. The smallest absolute Gasteiger partial charge is 0.341 e. The lowest BCUT2D eigenvalue weighted by molar-refractivity contribution is -0.132. The van der Waals surface area contributed by atoms with Crippen LogP contribution in [0.1, 0.15) is 15.9 Å². The number of hydrogen-bond acceptors (Lipinski definition) is 3. The Morgan fingerprint density at radius 2 is 1.74 bits per heavy atom. The number of carboxylic acids is 1. The van der Waals surface area contributed by atoms with Crippen LogP contribution in [0.3, 0.4) is 0 Å². The first-order valence-electron chi connectivity index (χ1n) is 5.59. The number of ketones is 1. The zero-order chi connectivity index (χ0) is 13.6. The van der Waals surface area contributed by atoms with E-state index in [-0.39, 0.29) is 5.57 Å². The molecule has 0 amide bonds. The van der Waals surface area contributed by atoms with Gasteiger partial charge in [-0.2, -0.15) is 5.26 Å². The van der Waals surface area contributed by atoms with Crippen molar-refractivity contribution in [2.75, 3.05) is 0 Å². The summed E-state index contributed by atoms with van der Waals surface area (Å²) >= 11 is 0. The van der Waals surface area contributed by atoms with Crippen LogP contribution in [-0.4, -0.2) is 16.9 Å². The Bertz CT molecular complexity index is 820. The van der Waals surface area contributed by atoms with Crippen molar-refractivity contribution in [3.8, 4) is 6.07 Å². The van der Waals surface area contributed by atoms with E-state index in [2.05, 4.69) is 0 Å². The molecule has 0 aromatic heterocycles. The first-order chi connectivity index (χ1) is 9.15. The maximum atomic E-state index is 12.2. The van der Waals surface area contributed by atoms with Crippen molar-refractivity contribution < 1.29 is 14.7 Å². The highest BCUT2D eigenvalue weighted by Gasteiger charge is 2.31. The average Bonchev–Trinajstić information content (AvgIpc) is 2.41. The Labute approximate surface area is 108 Å². The molecule has 0 bridgehead atoms. The van der Waals surface area contributed by atoms with Crippen LogP contribution in [0.15, 0.2) is 42.0 Å². The van der Waals surface area contributed by atoms with Crippen LogP contribution >= 0.6 is 0 Å². The molecule has 0 saturated heterocycles. The molecule has 0 unspecified atom stereocenters. The summed E-state index contributed by atoms with van der Waals surface area (Å²) in [4.78, 5) is 23.5. The highest BCUT2D eigenvalue weighted by Crippen LogP contribution is 2.36. The van der Waals surface area contributed by atoms with Gasteiger partial charge in [-0.1, -0.05) is 36.4 Å². The van der Waals surface area contributed by atoms with Crippen LogP contribution < -0.4 is 0 Å². The van der Waals surface area contributed by atoms with Crippen molar-refractivity contribution in [1.82, 2.24) is 0 Å². The molecule has 0 fully saturated rings. The second-order valence-electron chi connectivity index (χ2n) is 4.21. The molecule has 4 nitrogen and oxygen atoms in total. The fourth-order valence-electron chi connectivity index (χ4n) is 2.44. The fraction of sp³-hybridized carbons (Fsp3) is 0. The number of carboxylic acid groups (broad SMARTS) is 1. The number of nitrogens with zero attached hydrogens (tertiary/aromatic N) is 1. The van der Waals surface area contributed by atoms with Gasteiger partial charge in [0.1, 0.15) is 11.6 Å². The van der Waals surface area contributed by atoms with E-state index < -0.39 is 17.3 Å². The molecule has 2 aromatic carbocycles. The molecule has 0 aliphatic heterocycles. The molecule has 1 N–H and O–H groups in total. The second kappa shape index (κ2) is 3.79. The number of carbonyl (C=O) groups excluding carboxylic acids is 1. The normalized spacial score (nSPS) is 13.5. The van der Waals surface area contributed by atoms with Gasteiger partial charge in [0, 0.05) is 16.5 Å². The summed E-state index contributed by atoms with van der Waals surface area (Å²) in [6.07, 6.45) is 0. The summed E-state index contributed by atoms with van der Waals surface area (Å²) in [5, 5.41) is 19.8. The molecule has 3 rings (SSSR count). The number of aliphatic carboxylic acids is 1. The van der Waals surface area contributed by atoms with E-state index >= 15 is 0 Å². The molecule has 4 heteroatoms. The largest absolute Gasteiger partial charge is 0.478 e. The van der Waals surface area contributed by atoms with Crippen LogP contribution in [-0.2, 0) is 4.79 Å². The molecule has 2 aromatic rings. The Balaban J connectivity index is 2.54. The quantitative estimate of drug-likeness (QED) is 0.787. The van der Waals surface area contributed by atoms with Gasteiger partial charge in [0.15, 0.2) is 0 Å². The minimum Gasteiger partial charge on any atom is -0.478 e. The van der Waals surface area contributed by atoms with Crippen molar-refractivity contribution >= 4 is 28.1 Å². The lowest BCUT2D eigenvalue weighted by Gasteiger charge is -2.17. The van der Waals surface area contributed by atoms with Crippen molar-refractivity contribution in [2.24, 2.45) is 0 Å². The monoisotopic (exact) mass is 249 g/mol. The van der Waals surface area contributed by atoms with E-state index in [4.69, 9.17) is 5.11 Å². The number of rotatable bonds is 1. The molecule has 0 atom stereocenters. The van der Waals surface area contributed by atoms with Crippen molar-refractivity contribution in [3.05, 3.63) is 53.1 Å². The average molecular weight is 249 g/mol. The van der Waals surface area contributed by atoms with Crippen LogP contribution in [0.2, 0.25) is 0 Å². The van der Waals surface area contributed by atoms with E-state index in [0.717, 1.165) is 5.39 Å². The Kier molecular flexibility index (Phi) is 2.23. The van der Waals surface area contributed by atoms with Gasteiger partial charge >= 0.3 is 5.97 Å². The van der Waals surface area contributed by atoms with E-state index in [1.165, 1.54) is 0 Å². The van der Waals surface area contributed by atoms with Crippen LogP contribution in [0.4, 0.5) is 0 Å². The Morgan fingerprint density at radius 1 is 1.11 bits per heavy atom. The van der Waals surface area contributed by atoms with E-state index in [1.807, 2.05) is 18.2 Å². The van der Waals surface area contributed by atoms with Gasteiger partial charge in [0.2, 0.25) is 5.78 Å². The van der Waals surface area contributed by atoms with Gasteiger partial charge in [-0.05, 0) is 5.39 Å². The molecular formula is C15H7NO3. The number of benzene rings is 2. The summed E-state index contributed by atoms with van der Waals surface area (Å²) in [5.74, 6) is -1.97. The second-order valence-corrected chi connectivity index (χ2v) is 4.21. The van der Waals surface area contributed by atoms with Crippen LogP contribution in [0, 0.1) is 11.3 Å². The zero-order valence-corrected chi connectivity index (χ0v) is 9.68. The number of carbonyl (C=O) groups is 2. The Morgan fingerprint density at radius 3 is 2.32 bits per heavy atom. The van der Waals surface area contributed by atoms with Crippen LogP contribution in [0.25, 0.3) is 16.3 Å². The van der Waals surface area contributed by atoms with Gasteiger partial charge in [0.05, 0.1) is 5.57 Å². The molecule has 0 spiro atoms. The van der Waals surface area contributed by atoms with Crippen LogP contribution in [0.5, 0.6) is 0 Å². The molecule has 0 saturated carbocycles. The molecule has 0 radical (unpaired) electrons. The first-order valence-corrected chi connectivity index (χ1v) is 5.59. The lowest BCUT2D eigenvalue weighted by Crippen LogP contribution is -2.18. The molecule has 19 heavy (non-hydrogen) atoms. The maximum absolute atomic E-state index is 12.2. The first kappa shape index (κ1) is 11.2. The van der Waals surface area contributed by atoms with Crippen molar-refractivity contribution in [1.29, 1.82) is 5.26 Å². The molecular weight excluding hydrogens is 242 g/mol. The number of nitriles is 1. The van der Waals surface area contributed by atoms with E-state index in [1.54, 1.807) is 24.3 Å². The lowest BCUT2D eigenvalue weighted by atomic mass is 9.83. The molecule has 1 aliphatic carbocycles. The van der Waals surface area contributed by atoms with Gasteiger partial charge in [-0.25, -0.2) is 4.79 Å². The number of allylic oxidation sites excluding steroid dienone is 1. The minimum atomic E-state index is -1.37.